The molecule has 0 amide bonds. The van der Waals surface area contributed by atoms with Gasteiger partial charge in [0, 0.05) is 28.6 Å². The van der Waals surface area contributed by atoms with Crippen molar-refractivity contribution in [3.8, 4) is 11.1 Å². The number of unbranched alkanes of at least 4 members (excludes halogenated alkanes) is 3. The third kappa shape index (κ3) is 4.37. The predicted octanol–water partition coefficient (Wildman–Crippen LogP) is 5.55. The first-order valence-electron chi connectivity index (χ1n) is 8.56. The first-order chi connectivity index (χ1) is 11.9. The van der Waals surface area contributed by atoms with E-state index < -0.39 is 0 Å². The van der Waals surface area contributed by atoms with Gasteiger partial charge in [-0.1, -0.05) is 49.2 Å². The van der Waals surface area contributed by atoms with Gasteiger partial charge in [-0.25, -0.2) is 0 Å². The SMILES string of the molecule is OCCCCCCSc1cccc2ncc(-c3ccccc3)cc12. The van der Waals surface area contributed by atoms with E-state index in [1.807, 2.05) is 24.0 Å². The second-order valence-corrected chi connectivity index (χ2v) is 7.04. The van der Waals surface area contributed by atoms with Crippen LogP contribution in [0.25, 0.3) is 22.0 Å². The molecule has 124 valence electrons. The maximum atomic E-state index is 8.83. The van der Waals surface area contributed by atoms with Crippen molar-refractivity contribution in [3.63, 3.8) is 0 Å². The average Bonchev–Trinajstić information content (AvgIpc) is 2.65. The molecule has 24 heavy (non-hydrogen) atoms. The number of aliphatic hydroxyl groups excluding tert-OH is 1. The normalized spacial score (nSPS) is 11.0. The molecule has 1 N–H and O–H groups in total. The number of hydrogen-bond donors (Lipinski definition) is 1. The van der Waals surface area contributed by atoms with Crippen molar-refractivity contribution in [2.75, 3.05) is 12.4 Å². The zero-order chi connectivity index (χ0) is 16.6. The monoisotopic (exact) mass is 337 g/mol. The van der Waals surface area contributed by atoms with Gasteiger partial charge in [0.2, 0.25) is 0 Å². The predicted molar refractivity (Wildman–Crippen MR) is 103 cm³/mol. The molecule has 2 aromatic carbocycles. The number of thioether (sulfide) groups is 1. The van der Waals surface area contributed by atoms with Crippen molar-refractivity contribution >= 4 is 22.7 Å². The first-order valence-corrected chi connectivity index (χ1v) is 9.55. The summed E-state index contributed by atoms with van der Waals surface area (Å²) in [6.45, 7) is 0.310. The van der Waals surface area contributed by atoms with Crippen molar-refractivity contribution in [2.45, 2.75) is 30.6 Å². The number of pyridine rings is 1. The lowest BCUT2D eigenvalue weighted by Gasteiger charge is -2.08. The van der Waals surface area contributed by atoms with E-state index in [1.54, 1.807) is 0 Å². The highest BCUT2D eigenvalue weighted by Crippen LogP contribution is 2.31. The summed E-state index contributed by atoms with van der Waals surface area (Å²) in [5.41, 5.74) is 3.43. The summed E-state index contributed by atoms with van der Waals surface area (Å²) >= 11 is 1.91. The van der Waals surface area contributed by atoms with Crippen LogP contribution in [0.3, 0.4) is 0 Å². The van der Waals surface area contributed by atoms with Gasteiger partial charge in [-0.3, -0.25) is 4.98 Å². The maximum absolute atomic E-state index is 8.83. The van der Waals surface area contributed by atoms with Gasteiger partial charge in [-0.15, -0.1) is 11.8 Å². The summed E-state index contributed by atoms with van der Waals surface area (Å²) < 4.78 is 0. The lowest BCUT2D eigenvalue weighted by atomic mass is 10.1. The molecule has 0 unspecified atom stereocenters. The van der Waals surface area contributed by atoms with Crippen molar-refractivity contribution in [2.24, 2.45) is 0 Å². The largest absolute Gasteiger partial charge is 0.396 e. The van der Waals surface area contributed by atoms with Gasteiger partial charge < -0.3 is 5.11 Å². The van der Waals surface area contributed by atoms with Gasteiger partial charge in [0.15, 0.2) is 0 Å². The van der Waals surface area contributed by atoms with Crippen LogP contribution in [0.2, 0.25) is 0 Å². The molecule has 0 bridgehead atoms. The number of aliphatic hydroxyl groups is 1. The standard InChI is InChI=1S/C21H23NOS/c23-13-6-1-2-7-14-24-21-12-8-11-20-19(21)15-18(16-22-20)17-9-4-3-5-10-17/h3-5,8-12,15-16,23H,1-2,6-7,13-14H2. The molecule has 0 fully saturated rings. The molecule has 0 atom stereocenters. The molecule has 0 spiro atoms. The van der Waals surface area contributed by atoms with Crippen LogP contribution >= 0.6 is 11.8 Å². The summed E-state index contributed by atoms with van der Waals surface area (Å²) in [6, 6.07) is 19.0. The third-order valence-electron chi connectivity index (χ3n) is 4.10. The van der Waals surface area contributed by atoms with Gasteiger partial charge in [0.05, 0.1) is 5.52 Å². The highest BCUT2D eigenvalue weighted by molar-refractivity contribution is 7.99. The zero-order valence-electron chi connectivity index (χ0n) is 13.8. The molecule has 0 aliphatic heterocycles. The number of benzene rings is 2. The number of aromatic nitrogens is 1. The topological polar surface area (TPSA) is 33.1 Å². The summed E-state index contributed by atoms with van der Waals surface area (Å²) in [6.07, 6.45) is 6.37. The Hall–Kier alpha value is -1.84. The Morgan fingerprint density at radius 2 is 1.67 bits per heavy atom. The quantitative estimate of drug-likeness (QED) is 0.432. The van der Waals surface area contributed by atoms with E-state index >= 15 is 0 Å². The molecule has 0 aliphatic carbocycles. The minimum atomic E-state index is 0.310. The highest BCUT2D eigenvalue weighted by atomic mass is 32.2. The molecule has 3 heteroatoms. The lowest BCUT2D eigenvalue weighted by Crippen LogP contribution is -1.88. The molecule has 2 nitrogen and oxygen atoms in total. The Bertz CT molecular complexity index is 773. The van der Waals surface area contributed by atoms with Crippen LogP contribution in [0.4, 0.5) is 0 Å². The fraction of sp³-hybridized carbons (Fsp3) is 0.286. The van der Waals surface area contributed by atoms with Gasteiger partial charge in [-0.2, -0.15) is 0 Å². The molecule has 3 aromatic rings. The Morgan fingerprint density at radius 1 is 0.833 bits per heavy atom. The number of fused-ring (bicyclic) bond motifs is 1. The lowest BCUT2D eigenvalue weighted by molar-refractivity contribution is 0.283. The molecule has 0 aliphatic rings. The summed E-state index contributed by atoms with van der Waals surface area (Å²) in [7, 11) is 0. The minimum Gasteiger partial charge on any atom is -0.396 e. The Labute approximate surface area is 147 Å². The molecule has 1 aromatic heterocycles. The van der Waals surface area contributed by atoms with Crippen LogP contribution in [-0.4, -0.2) is 22.5 Å². The summed E-state index contributed by atoms with van der Waals surface area (Å²) in [4.78, 5) is 5.95. The number of hydrogen-bond acceptors (Lipinski definition) is 3. The van der Waals surface area contributed by atoms with E-state index in [0.29, 0.717) is 6.61 Å². The van der Waals surface area contributed by atoms with E-state index in [2.05, 4.69) is 53.5 Å². The van der Waals surface area contributed by atoms with E-state index in [4.69, 9.17) is 5.11 Å². The molecule has 0 saturated carbocycles. The number of rotatable bonds is 8. The van der Waals surface area contributed by atoms with Crippen LogP contribution in [-0.2, 0) is 0 Å². The molecule has 3 rings (SSSR count). The third-order valence-corrected chi connectivity index (χ3v) is 5.26. The molecule has 0 radical (unpaired) electrons. The van der Waals surface area contributed by atoms with E-state index in [1.165, 1.54) is 34.3 Å². The number of nitrogens with zero attached hydrogens (tertiary/aromatic N) is 1. The fourth-order valence-electron chi connectivity index (χ4n) is 2.79. The van der Waals surface area contributed by atoms with E-state index in [9.17, 15) is 0 Å². The van der Waals surface area contributed by atoms with Gasteiger partial charge in [0.25, 0.3) is 0 Å². The van der Waals surface area contributed by atoms with Gasteiger partial charge >= 0.3 is 0 Å². The average molecular weight is 337 g/mol. The van der Waals surface area contributed by atoms with Crippen LogP contribution < -0.4 is 0 Å². The van der Waals surface area contributed by atoms with Gasteiger partial charge in [-0.05, 0) is 42.4 Å². The van der Waals surface area contributed by atoms with Crippen LogP contribution in [0.1, 0.15) is 25.7 Å². The van der Waals surface area contributed by atoms with Crippen molar-refractivity contribution in [3.05, 3.63) is 60.8 Å². The minimum absolute atomic E-state index is 0.310. The smallest absolute Gasteiger partial charge is 0.0713 e. The summed E-state index contributed by atoms with van der Waals surface area (Å²) in [5, 5.41) is 10.1. The Kier molecular flexibility index (Phi) is 6.27. The molecule has 1 heterocycles. The van der Waals surface area contributed by atoms with Crippen molar-refractivity contribution in [1.82, 2.24) is 4.98 Å². The second kappa shape index (κ2) is 8.86. The fourth-order valence-corrected chi connectivity index (χ4v) is 3.85. The first kappa shape index (κ1) is 17.0. The highest BCUT2D eigenvalue weighted by Gasteiger charge is 2.05. The second-order valence-electron chi connectivity index (χ2n) is 5.90. The molecular weight excluding hydrogens is 314 g/mol. The van der Waals surface area contributed by atoms with Crippen LogP contribution in [0.5, 0.6) is 0 Å². The van der Waals surface area contributed by atoms with Crippen molar-refractivity contribution < 1.29 is 5.11 Å². The van der Waals surface area contributed by atoms with E-state index in [-0.39, 0.29) is 0 Å². The van der Waals surface area contributed by atoms with Crippen molar-refractivity contribution in [1.29, 1.82) is 0 Å². The van der Waals surface area contributed by atoms with Crippen LogP contribution in [0, 0.1) is 0 Å². The van der Waals surface area contributed by atoms with Gasteiger partial charge in [0.1, 0.15) is 0 Å². The Balaban J connectivity index is 1.75. The molecular formula is C21H23NOS. The Morgan fingerprint density at radius 3 is 2.50 bits per heavy atom. The van der Waals surface area contributed by atoms with Crippen LogP contribution in [0.15, 0.2) is 65.7 Å². The zero-order valence-corrected chi connectivity index (χ0v) is 14.6. The molecule has 0 saturated heterocycles. The summed E-state index contributed by atoms with van der Waals surface area (Å²) in [5.74, 6) is 1.11. The van der Waals surface area contributed by atoms with E-state index in [0.717, 1.165) is 24.1 Å². The maximum Gasteiger partial charge on any atom is 0.0713 e.